The summed E-state index contributed by atoms with van der Waals surface area (Å²) in [5, 5.41) is 9.11. The number of rotatable bonds is 5. The molecule has 1 aliphatic rings. The van der Waals surface area contributed by atoms with Gasteiger partial charge in [-0.3, -0.25) is 0 Å². The fourth-order valence-corrected chi connectivity index (χ4v) is 2.23. The van der Waals surface area contributed by atoms with Crippen molar-refractivity contribution in [1.82, 2.24) is 9.97 Å². The molecule has 4 nitrogen and oxygen atoms in total. The first kappa shape index (κ1) is 12.8. The zero-order valence-electron chi connectivity index (χ0n) is 10.2. The summed E-state index contributed by atoms with van der Waals surface area (Å²) in [6.07, 6.45) is 2.38. The number of halogens is 1. The molecule has 0 atom stereocenters. The molecular weight excluding hydrogens is 282 g/mol. The standard InChI is InChI=1S/C12H18BrN3O/c1-8(2)16(5-6-17)11-7-10(13)14-12(15-11)9-3-4-9/h7-9,17H,3-6H2,1-2H3. The highest BCUT2D eigenvalue weighted by atomic mass is 79.9. The molecule has 0 aromatic carbocycles. The van der Waals surface area contributed by atoms with E-state index in [0.29, 0.717) is 18.5 Å². The van der Waals surface area contributed by atoms with E-state index in [0.717, 1.165) is 16.2 Å². The van der Waals surface area contributed by atoms with Crippen LogP contribution in [-0.4, -0.2) is 34.3 Å². The summed E-state index contributed by atoms with van der Waals surface area (Å²) in [5.41, 5.74) is 0. The van der Waals surface area contributed by atoms with Crippen LogP contribution in [0.5, 0.6) is 0 Å². The zero-order chi connectivity index (χ0) is 12.4. The minimum Gasteiger partial charge on any atom is -0.395 e. The number of aliphatic hydroxyl groups is 1. The molecule has 2 rings (SSSR count). The summed E-state index contributed by atoms with van der Waals surface area (Å²) >= 11 is 3.44. The van der Waals surface area contributed by atoms with Crippen molar-refractivity contribution in [3.63, 3.8) is 0 Å². The van der Waals surface area contributed by atoms with Crippen LogP contribution in [0.1, 0.15) is 38.4 Å². The van der Waals surface area contributed by atoms with Gasteiger partial charge in [-0.1, -0.05) is 0 Å². The molecule has 0 amide bonds. The van der Waals surface area contributed by atoms with Gasteiger partial charge in [-0.05, 0) is 42.6 Å². The predicted octanol–water partition coefficient (Wildman–Crippen LogP) is 2.32. The molecule has 0 unspecified atom stereocenters. The first-order valence-electron chi connectivity index (χ1n) is 6.03. The van der Waals surface area contributed by atoms with E-state index in [-0.39, 0.29) is 6.61 Å². The summed E-state index contributed by atoms with van der Waals surface area (Å²) in [6.45, 7) is 4.94. The Kier molecular flexibility index (Phi) is 3.99. The summed E-state index contributed by atoms with van der Waals surface area (Å²) in [6, 6.07) is 2.23. The van der Waals surface area contributed by atoms with Gasteiger partial charge in [0.2, 0.25) is 0 Å². The van der Waals surface area contributed by atoms with Gasteiger partial charge in [0.15, 0.2) is 0 Å². The van der Waals surface area contributed by atoms with Gasteiger partial charge in [-0.15, -0.1) is 0 Å². The SMILES string of the molecule is CC(C)N(CCO)c1cc(Br)nc(C2CC2)n1. The lowest BCUT2D eigenvalue weighted by Crippen LogP contribution is -2.34. The van der Waals surface area contributed by atoms with E-state index in [2.05, 4.69) is 44.6 Å². The van der Waals surface area contributed by atoms with Gasteiger partial charge in [0.1, 0.15) is 16.2 Å². The summed E-state index contributed by atoms with van der Waals surface area (Å²) < 4.78 is 0.827. The van der Waals surface area contributed by atoms with Gasteiger partial charge >= 0.3 is 0 Å². The van der Waals surface area contributed by atoms with Crippen LogP contribution in [0.25, 0.3) is 0 Å². The molecule has 1 saturated carbocycles. The Labute approximate surface area is 110 Å². The van der Waals surface area contributed by atoms with Crippen molar-refractivity contribution in [3.8, 4) is 0 Å². The van der Waals surface area contributed by atoms with Gasteiger partial charge in [-0.25, -0.2) is 9.97 Å². The average molecular weight is 300 g/mol. The van der Waals surface area contributed by atoms with E-state index < -0.39 is 0 Å². The van der Waals surface area contributed by atoms with Crippen molar-refractivity contribution in [2.75, 3.05) is 18.1 Å². The van der Waals surface area contributed by atoms with Crippen LogP contribution in [-0.2, 0) is 0 Å². The zero-order valence-corrected chi connectivity index (χ0v) is 11.8. The maximum Gasteiger partial charge on any atom is 0.135 e. The maximum absolute atomic E-state index is 9.11. The van der Waals surface area contributed by atoms with Crippen molar-refractivity contribution < 1.29 is 5.11 Å². The van der Waals surface area contributed by atoms with Crippen molar-refractivity contribution >= 4 is 21.7 Å². The number of hydrogen-bond acceptors (Lipinski definition) is 4. The molecule has 1 aromatic heterocycles. The van der Waals surface area contributed by atoms with Crippen molar-refractivity contribution in [2.24, 2.45) is 0 Å². The van der Waals surface area contributed by atoms with Gasteiger partial charge in [0.25, 0.3) is 0 Å². The van der Waals surface area contributed by atoms with Gasteiger partial charge in [0.05, 0.1) is 6.61 Å². The third kappa shape index (κ3) is 3.16. The van der Waals surface area contributed by atoms with Crippen LogP contribution < -0.4 is 4.90 Å². The normalized spacial score (nSPS) is 15.4. The Morgan fingerprint density at radius 2 is 2.18 bits per heavy atom. The van der Waals surface area contributed by atoms with Crippen LogP contribution in [0.15, 0.2) is 10.7 Å². The molecule has 1 aliphatic carbocycles. The molecule has 1 aromatic rings. The van der Waals surface area contributed by atoms with Gasteiger partial charge < -0.3 is 10.0 Å². The van der Waals surface area contributed by atoms with E-state index in [1.165, 1.54) is 12.8 Å². The maximum atomic E-state index is 9.11. The smallest absolute Gasteiger partial charge is 0.135 e. The first-order valence-corrected chi connectivity index (χ1v) is 6.83. The van der Waals surface area contributed by atoms with Crippen molar-refractivity contribution in [3.05, 3.63) is 16.5 Å². The Morgan fingerprint density at radius 3 is 2.71 bits per heavy atom. The molecular formula is C12H18BrN3O. The minimum absolute atomic E-state index is 0.137. The number of aromatic nitrogens is 2. The number of aliphatic hydroxyl groups excluding tert-OH is 1. The third-order valence-electron chi connectivity index (χ3n) is 2.90. The quantitative estimate of drug-likeness (QED) is 0.848. The molecule has 1 fully saturated rings. The highest BCUT2D eigenvalue weighted by Gasteiger charge is 2.28. The van der Waals surface area contributed by atoms with Crippen LogP contribution in [0, 0.1) is 0 Å². The molecule has 0 spiro atoms. The summed E-state index contributed by atoms with van der Waals surface area (Å²) in [5.74, 6) is 2.37. The monoisotopic (exact) mass is 299 g/mol. The van der Waals surface area contributed by atoms with Crippen molar-refractivity contribution in [2.45, 2.75) is 38.6 Å². The van der Waals surface area contributed by atoms with Crippen LogP contribution in [0.4, 0.5) is 5.82 Å². The molecule has 0 aliphatic heterocycles. The molecule has 0 radical (unpaired) electrons. The Bertz CT molecular complexity index is 393. The largest absolute Gasteiger partial charge is 0.395 e. The van der Waals surface area contributed by atoms with Crippen molar-refractivity contribution in [1.29, 1.82) is 0 Å². The van der Waals surface area contributed by atoms with E-state index in [1.54, 1.807) is 0 Å². The average Bonchev–Trinajstić information content (AvgIpc) is 3.08. The summed E-state index contributed by atoms with van der Waals surface area (Å²) in [7, 11) is 0. The van der Waals surface area contributed by atoms with E-state index in [1.807, 2.05) is 6.07 Å². The molecule has 94 valence electrons. The van der Waals surface area contributed by atoms with Crippen LogP contribution in [0.2, 0.25) is 0 Å². The lowest BCUT2D eigenvalue weighted by Gasteiger charge is -2.27. The van der Waals surface area contributed by atoms with Gasteiger partial charge in [-0.2, -0.15) is 0 Å². The molecule has 0 bridgehead atoms. The Morgan fingerprint density at radius 1 is 1.47 bits per heavy atom. The number of anilines is 1. The first-order chi connectivity index (χ1) is 8.11. The molecule has 17 heavy (non-hydrogen) atoms. The third-order valence-corrected chi connectivity index (χ3v) is 3.31. The second-order valence-electron chi connectivity index (χ2n) is 4.69. The highest BCUT2D eigenvalue weighted by molar-refractivity contribution is 9.10. The lowest BCUT2D eigenvalue weighted by molar-refractivity contribution is 0.298. The number of hydrogen-bond donors (Lipinski definition) is 1. The lowest BCUT2D eigenvalue weighted by atomic mass is 10.3. The van der Waals surface area contributed by atoms with Crippen LogP contribution in [0.3, 0.4) is 0 Å². The minimum atomic E-state index is 0.137. The van der Waals surface area contributed by atoms with E-state index >= 15 is 0 Å². The summed E-state index contributed by atoms with van der Waals surface area (Å²) in [4.78, 5) is 11.1. The highest BCUT2D eigenvalue weighted by Crippen LogP contribution is 2.39. The second-order valence-corrected chi connectivity index (χ2v) is 5.50. The molecule has 1 N–H and O–H groups in total. The fraction of sp³-hybridized carbons (Fsp3) is 0.667. The molecule has 5 heteroatoms. The predicted molar refractivity (Wildman–Crippen MR) is 71.3 cm³/mol. The topological polar surface area (TPSA) is 49.2 Å². The fourth-order valence-electron chi connectivity index (χ4n) is 1.84. The Hall–Kier alpha value is -0.680. The number of nitrogens with zero attached hydrogens (tertiary/aromatic N) is 3. The van der Waals surface area contributed by atoms with E-state index in [4.69, 9.17) is 5.11 Å². The van der Waals surface area contributed by atoms with Crippen LogP contribution >= 0.6 is 15.9 Å². The molecule has 1 heterocycles. The van der Waals surface area contributed by atoms with E-state index in [9.17, 15) is 0 Å². The second kappa shape index (κ2) is 5.31. The van der Waals surface area contributed by atoms with Gasteiger partial charge in [0, 0.05) is 24.6 Å². The molecule has 0 saturated heterocycles. The Balaban J connectivity index is 2.28.